The van der Waals surface area contributed by atoms with E-state index < -0.39 is 0 Å². The van der Waals surface area contributed by atoms with Crippen molar-refractivity contribution >= 4 is 22.5 Å². The van der Waals surface area contributed by atoms with Crippen LogP contribution in [0.4, 0.5) is 0 Å². The number of thioether (sulfide) groups is 1. The minimum absolute atomic E-state index is 0.295. The van der Waals surface area contributed by atoms with Crippen molar-refractivity contribution in [3.05, 3.63) is 87.5 Å². The summed E-state index contributed by atoms with van der Waals surface area (Å²) in [4.78, 5) is 13.0. The van der Waals surface area contributed by atoms with Gasteiger partial charge in [0.25, 0.3) is 0 Å². The van der Waals surface area contributed by atoms with Crippen molar-refractivity contribution in [1.82, 2.24) is 0 Å². The Bertz CT molecular complexity index is 965. The molecule has 0 amide bonds. The molecule has 1 aliphatic rings. The van der Waals surface area contributed by atoms with Crippen LogP contribution in [0, 0.1) is 27.7 Å². The third kappa shape index (κ3) is 7.52. The molecule has 0 fully saturated rings. The van der Waals surface area contributed by atoms with Gasteiger partial charge in [-0.1, -0.05) is 50.8 Å². The van der Waals surface area contributed by atoms with Crippen LogP contribution in [0.3, 0.4) is 0 Å². The summed E-state index contributed by atoms with van der Waals surface area (Å²) in [5.41, 5.74) is 11.6. The number of carbonyl (C=O) groups is 1. The molecule has 3 rings (SSSR count). The maximum absolute atomic E-state index is 11.9. The van der Waals surface area contributed by atoms with Gasteiger partial charge >= 0.3 is 0 Å². The van der Waals surface area contributed by atoms with Gasteiger partial charge in [-0.3, -0.25) is 4.79 Å². The van der Waals surface area contributed by atoms with Crippen LogP contribution in [0.15, 0.2) is 43.0 Å². The Labute approximate surface area is 201 Å². The number of Topliss-reactive ketones (excluding diaryl/α,β-unsaturated/α-hetero) is 1. The molecule has 2 heteroatoms. The fourth-order valence-corrected chi connectivity index (χ4v) is 4.36. The molecule has 0 unspecified atom stereocenters. The van der Waals surface area contributed by atoms with Gasteiger partial charge in [-0.2, -0.15) is 0 Å². The molecular weight excluding hydrogens is 408 g/mol. The molecule has 2 aromatic carbocycles. The van der Waals surface area contributed by atoms with Crippen molar-refractivity contribution in [2.75, 3.05) is 6.26 Å². The zero-order valence-corrected chi connectivity index (χ0v) is 22.4. The summed E-state index contributed by atoms with van der Waals surface area (Å²) < 4.78 is 0. The first-order valence-electron chi connectivity index (χ1n) is 11.8. The third-order valence-electron chi connectivity index (χ3n) is 6.07. The number of hydrogen-bond acceptors (Lipinski definition) is 2. The summed E-state index contributed by atoms with van der Waals surface area (Å²) in [6.45, 7) is 22.9. The van der Waals surface area contributed by atoms with Gasteiger partial charge in [0.15, 0.2) is 5.78 Å². The van der Waals surface area contributed by atoms with Gasteiger partial charge in [-0.15, -0.1) is 11.8 Å². The number of aryl methyl sites for hydroxylation is 3. The number of fused-ring (bicyclic) bond motifs is 1. The van der Waals surface area contributed by atoms with Crippen LogP contribution < -0.4 is 0 Å². The molecule has 0 radical (unpaired) electrons. The Balaban J connectivity index is 0.000000300. The van der Waals surface area contributed by atoms with Crippen LogP contribution >= 0.6 is 11.8 Å². The fraction of sp³-hybridized carbons (Fsp3) is 0.433. The summed E-state index contributed by atoms with van der Waals surface area (Å²) in [6, 6.07) is 8.47. The monoisotopic (exact) mass is 450 g/mol. The summed E-state index contributed by atoms with van der Waals surface area (Å²) in [7, 11) is 0. The number of ketones is 1. The molecular formula is C30H42OS. The largest absolute Gasteiger partial charge is 0.294 e. The van der Waals surface area contributed by atoms with E-state index in [1.54, 1.807) is 11.8 Å². The van der Waals surface area contributed by atoms with Crippen molar-refractivity contribution in [2.45, 2.75) is 80.6 Å². The Morgan fingerprint density at radius 1 is 0.938 bits per heavy atom. The maximum Gasteiger partial charge on any atom is 0.163 e. The van der Waals surface area contributed by atoms with Crippen molar-refractivity contribution in [2.24, 2.45) is 0 Å². The Morgan fingerprint density at radius 3 is 2.16 bits per heavy atom. The van der Waals surface area contributed by atoms with Gasteiger partial charge in [-0.05, 0) is 112 Å². The fourth-order valence-electron chi connectivity index (χ4n) is 3.99. The molecule has 174 valence electrons. The average Bonchev–Trinajstić information content (AvgIpc) is 2.97. The van der Waals surface area contributed by atoms with E-state index >= 15 is 0 Å². The quantitative estimate of drug-likeness (QED) is 0.341. The normalized spacial score (nSPS) is 12.4. The molecule has 32 heavy (non-hydrogen) atoms. The van der Waals surface area contributed by atoms with Crippen molar-refractivity contribution < 1.29 is 4.79 Å². The van der Waals surface area contributed by atoms with E-state index in [-0.39, 0.29) is 0 Å². The first-order chi connectivity index (χ1) is 15.1. The highest BCUT2D eigenvalue weighted by Crippen LogP contribution is 2.28. The number of carbonyl (C=O) groups excluding carboxylic acids is 1. The van der Waals surface area contributed by atoms with E-state index in [0.717, 1.165) is 41.7 Å². The lowest BCUT2D eigenvalue weighted by molar-refractivity contribution is 0.0982. The maximum atomic E-state index is 11.9. The van der Waals surface area contributed by atoms with Crippen LogP contribution in [0.5, 0.6) is 0 Å². The van der Waals surface area contributed by atoms with Gasteiger partial charge in [0, 0.05) is 16.9 Å². The lowest BCUT2D eigenvalue weighted by atomic mass is 9.91. The lowest BCUT2D eigenvalue weighted by Gasteiger charge is -2.14. The van der Waals surface area contributed by atoms with Crippen LogP contribution in [-0.4, -0.2) is 12.0 Å². The second-order valence-electron chi connectivity index (χ2n) is 8.50. The molecule has 1 nitrogen and oxygen atoms in total. The Kier molecular flexibility index (Phi) is 11.8. The van der Waals surface area contributed by atoms with Crippen LogP contribution in [0.25, 0.3) is 4.91 Å². The number of benzene rings is 2. The smallest absolute Gasteiger partial charge is 0.163 e. The van der Waals surface area contributed by atoms with E-state index in [4.69, 9.17) is 0 Å². The van der Waals surface area contributed by atoms with Crippen LogP contribution in [0.2, 0.25) is 0 Å². The van der Waals surface area contributed by atoms with Crippen molar-refractivity contribution in [3.63, 3.8) is 0 Å². The second-order valence-corrected chi connectivity index (χ2v) is 9.40. The zero-order chi connectivity index (χ0) is 24.4. The van der Waals surface area contributed by atoms with Gasteiger partial charge < -0.3 is 0 Å². The summed E-state index contributed by atoms with van der Waals surface area (Å²) in [5.74, 6) is 0.295. The molecule has 0 N–H and O–H groups in total. The summed E-state index contributed by atoms with van der Waals surface area (Å²) >= 11 is 1.63. The van der Waals surface area contributed by atoms with Gasteiger partial charge in [0.2, 0.25) is 0 Å². The Hall–Kier alpha value is -2.06. The first-order valence-corrected chi connectivity index (χ1v) is 13.0. The van der Waals surface area contributed by atoms with Gasteiger partial charge in [-0.25, -0.2) is 0 Å². The van der Waals surface area contributed by atoms with Crippen molar-refractivity contribution in [3.8, 4) is 0 Å². The van der Waals surface area contributed by atoms with Gasteiger partial charge in [0.05, 0.1) is 0 Å². The average molecular weight is 451 g/mol. The minimum atomic E-state index is 0.295. The highest BCUT2D eigenvalue weighted by atomic mass is 32.2. The highest BCUT2D eigenvalue weighted by molar-refractivity contribution is 8.07. The first kappa shape index (κ1) is 28.0. The van der Waals surface area contributed by atoms with E-state index in [1.165, 1.54) is 39.0 Å². The lowest BCUT2D eigenvalue weighted by Crippen LogP contribution is -2.00. The van der Waals surface area contributed by atoms with Gasteiger partial charge in [0.1, 0.15) is 0 Å². The predicted octanol–water partition coefficient (Wildman–Crippen LogP) is 8.99. The summed E-state index contributed by atoms with van der Waals surface area (Å²) in [6.07, 6.45) is 6.90. The standard InChI is InChI=1S/C14H16OS.C14H20.C2H6/c1-10(16-2)12-8-7-11-5-3-4-6-14(15)13(11)9-12;1-9(2)7-14-11(4)8-10(3)12(5)13(14)6;1-2/h7-9H,1,3-6H2,2H3;8H,1,7H2,2-6H3;1-2H3. The van der Waals surface area contributed by atoms with E-state index in [9.17, 15) is 4.79 Å². The van der Waals surface area contributed by atoms with E-state index in [1.807, 2.05) is 26.2 Å². The Morgan fingerprint density at radius 2 is 1.56 bits per heavy atom. The van der Waals surface area contributed by atoms with Crippen molar-refractivity contribution in [1.29, 1.82) is 0 Å². The summed E-state index contributed by atoms with van der Waals surface area (Å²) in [5, 5.41) is 0. The topological polar surface area (TPSA) is 17.1 Å². The minimum Gasteiger partial charge on any atom is -0.294 e. The van der Waals surface area contributed by atoms with E-state index in [0.29, 0.717) is 12.2 Å². The highest BCUT2D eigenvalue weighted by Gasteiger charge is 2.16. The zero-order valence-electron chi connectivity index (χ0n) is 21.6. The van der Waals surface area contributed by atoms with E-state index in [2.05, 4.69) is 66.0 Å². The van der Waals surface area contributed by atoms with Crippen LogP contribution in [-0.2, 0) is 12.8 Å². The molecule has 2 aromatic rings. The predicted molar refractivity (Wildman–Crippen MR) is 146 cm³/mol. The molecule has 1 aliphatic carbocycles. The number of hydrogen-bond donors (Lipinski definition) is 0. The molecule has 0 aliphatic heterocycles. The molecule has 0 atom stereocenters. The molecule has 0 heterocycles. The molecule has 0 bridgehead atoms. The number of rotatable bonds is 4. The second kappa shape index (κ2) is 13.5. The number of allylic oxidation sites excluding steroid dienone is 1. The molecule has 0 saturated heterocycles. The molecule has 0 saturated carbocycles. The van der Waals surface area contributed by atoms with Crippen LogP contribution in [0.1, 0.15) is 89.3 Å². The SMILES string of the molecule is C=C(C)Cc1c(C)cc(C)c(C)c1C.C=C(SC)c1ccc2c(c1)C(=O)CCCC2.CC. The molecule has 0 aromatic heterocycles. The molecule has 0 spiro atoms. The third-order valence-corrected chi connectivity index (χ3v) is 6.80.